The van der Waals surface area contributed by atoms with E-state index in [1.807, 2.05) is 0 Å². The molecule has 0 radical (unpaired) electrons. The predicted octanol–water partition coefficient (Wildman–Crippen LogP) is 1.16. The van der Waals surface area contributed by atoms with Crippen molar-refractivity contribution < 1.29 is 19.4 Å². The molecule has 1 aromatic carbocycles. The summed E-state index contributed by atoms with van der Waals surface area (Å²) in [6, 6.07) is 7.16. The fraction of sp³-hybridized carbons (Fsp3) is 0.417. The molecule has 0 aromatic heterocycles. The number of methoxy groups -OCH3 is 2. The van der Waals surface area contributed by atoms with Gasteiger partial charge in [-0.25, -0.2) is 4.79 Å². The molecule has 0 aliphatic rings. The quantitative estimate of drug-likeness (QED) is 0.780. The lowest BCUT2D eigenvalue weighted by Crippen LogP contribution is -2.38. The van der Waals surface area contributed by atoms with Crippen LogP contribution in [0.3, 0.4) is 0 Å². The summed E-state index contributed by atoms with van der Waals surface area (Å²) in [6.45, 7) is 1.43. The Kier molecular flexibility index (Phi) is 3.90. The van der Waals surface area contributed by atoms with E-state index in [-0.39, 0.29) is 6.42 Å². The van der Waals surface area contributed by atoms with Crippen LogP contribution in [0.4, 0.5) is 0 Å². The highest BCUT2D eigenvalue weighted by atomic mass is 16.5. The van der Waals surface area contributed by atoms with Gasteiger partial charge < -0.3 is 14.6 Å². The van der Waals surface area contributed by atoms with Gasteiger partial charge in [0.25, 0.3) is 0 Å². The molecule has 1 rings (SSSR count). The van der Waals surface area contributed by atoms with Crippen molar-refractivity contribution in [2.75, 3.05) is 14.2 Å². The fourth-order valence-electron chi connectivity index (χ4n) is 1.43. The summed E-state index contributed by atoms with van der Waals surface area (Å²) in [5.41, 5.74) is -0.653. The maximum atomic E-state index is 11.3. The molecule has 88 valence electrons. The Hall–Kier alpha value is -1.55. The largest absolute Gasteiger partial charge is 0.497 e. The lowest BCUT2D eigenvalue weighted by Gasteiger charge is -2.20. The van der Waals surface area contributed by atoms with Gasteiger partial charge in [0.1, 0.15) is 5.75 Å². The van der Waals surface area contributed by atoms with Gasteiger partial charge in [-0.3, -0.25) is 0 Å². The number of hydrogen-bond acceptors (Lipinski definition) is 4. The van der Waals surface area contributed by atoms with Crippen LogP contribution < -0.4 is 4.74 Å². The fourth-order valence-corrected chi connectivity index (χ4v) is 1.43. The second kappa shape index (κ2) is 4.99. The summed E-state index contributed by atoms with van der Waals surface area (Å²) < 4.78 is 9.53. The van der Waals surface area contributed by atoms with Crippen LogP contribution in [0.1, 0.15) is 12.5 Å². The van der Waals surface area contributed by atoms with Gasteiger partial charge in [-0.2, -0.15) is 0 Å². The van der Waals surface area contributed by atoms with Gasteiger partial charge in [-0.15, -0.1) is 0 Å². The van der Waals surface area contributed by atoms with Crippen LogP contribution in [0.2, 0.25) is 0 Å². The average molecular weight is 224 g/mol. The van der Waals surface area contributed by atoms with E-state index in [1.54, 1.807) is 31.4 Å². The molecule has 0 amide bonds. The molecule has 1 unspecified atom stereocenters. The lowest BCUT2D eigenvalue weighted by molar-refractivity contribution is -0.160. The minimum absolute atomic E-state index is 0.212. The summed E-state index contributed by atoms with van der Waals surface area (Å²) >= 11 is 0. The normalized spacial score (nSPS) is 14.0. The maximum Gasteiger partial charge on any atom is 0.337 e. The molecule has 0 saturated heterocycles. The van der Waals surface area contributed by atoms with Crippen molar-refractivity contribution >= 4 is 5.97 Å². The number of benzene rings is 1. The van der Waals surface area contributed by atoms with E-state index >= 15 is 0 Å². The molecule has 0 heterocycles. The molecule has 0 aliphatic carbocycles. The smallest absolute Gasteiger partial charge is 0.337 e. The Balaban J connectivity index is 2.76. The van der Waals surface area contributed by atoms with Gasteiger partial charge in [0.2, 0.25) is 0 Å². The maximum absolute atomic E-state index is 11.3. The minimum atomic E-state index is -1.50. The van der Waals surface area contributed by atoms with Crippen LogP contribution in [0.5, 0.6) is 5.75 Å². The molecule has 1 aromatic rings. The zero-order valence-corrected chi connectivity index (χ0v) is 9.69. The molecular weight excluding hydrogens is 208 g/mol. The van der Waals surface area contributed by atoms with Crippen LogP contribution in [-0.4, -0.2) is 30.9 Å². The average Bonchev–Trinajstić information content (AvgIpc) is 2.28. The summed E-state index contributed by atoms with van der Waals surface area (Å²) in [5, 5.41) is 9.86. The predicted molar refractivity (Wildman–Crippen MR) is 59.3 cm³/mol. The van der Waals surface area contributed by atoms with Gasteiger partial charge >= 0.3 is 5.97 Å². The summed E-state index contributed by atoms with van der Waals surface area (Å²) in [6.07, 6.45) is 0.212. The topological polar surface area (TPSA) is 55.8 Å². The van der Waals surface area contributed by atoms with E-state index in [4.69, 9.17) is 4.74 Å². The highest BCUT2D eigenvalue weighted by molar-refractivity contribution is 5.79. The molecule has 1 N–H and O–H groups in total. The molecular formula is C12H16O4. The Morgan fingerprint density at radius 3 is 2.31 bits per heavy atom. The number of rotatable bonds is 4. The molecule has 0 saturated carbocycles. The monoisotopic (exact) mass is 224 g/mol. The van der Waals surface area contributed by atoms with E-state index in [2.05, 4.69) is 4.74 Å². The first-order chi connectivity index (χ1) is 7.49. The summed E-state index contributed by atoms with van der Waals surface area (Å²) in [4.78, 5) is 11.3. The van der Waals surface area contributed by atoms with Crippen molar-refractivity contribution in [1.29, 1.82) is 0 Å². The lowest BCUT2D eigenvalue weighted by atomic mass is 9.97. The van der Waals surface area contributed by atoms with E-state index in [0.717, 1.165) is 11.3 Å². The number of carbonyl (C=O) groups excluding carboxylic acids is 1. The number of ether oxygens (including phenoxy) is 2. The first-order valence-corrected chi connectivity index (χ1v) is 4.93. The Morgan fingerprint density at radius 1 is 1.31 bits per heavy atom. The Morgan fingerprint density at radius 2 is 1.88 bits per heavy atom. The molecule has 0 aliphatic heterocycles. The molecule has 1 atom stereocenters. The first kappa shape index (κ1) is 12.5. The SMILES string of the molecule is COC(=O)C(C)(O)Cc1ccc(OC)cc1. The van der Waals surface area contributed by atoms with Crippen molar-refractivity contribution in [2.45, 2.75) is 18.9 Å². The van der Waals surface area contributed by atoms with E-state index in [9.17, 15) is 9.90 Å². The van der Waals surface area contributed by atoms with Crippen molar-refractivity contribution in [2.24, 2.45) is 0 Å². The summed E-state index contributed by atoms with van der Waals surface area (Å²) in [7, 11) is 2.84. The standard InChI is InChI=1S/C12H16O4/c1-12(14,11(13)16-3)8-9-4-6-10(15-2)7-5-9/h4-7,14H,8H2,1-3H3. The van der Waals surface area contributed by atoms with Crippen molar-refractivity contribution in [3.05, 3.63) is 29.8 Å². The molecule has 0 spiro atoms. The van der Waals surface area contributed by atoms with Crippen molar-refractivity contribution in [3.63, 3.8) is 0 Å². The molecule has 4 heteroatoms. The Labute approximate surface area is 94.8 Å². The molecule has 0 fully saturated rings. The zero-order chi connectivity index (χ0) is 12.2. The van der Waals surface area contributed by atoms with Crippen LogP contribution in [0.25, 0.3) is 0 Å². The van der Waals surface area contributed by atoms with Gasteiger partial charge in [0.05, 0.1) is 14.2 Å². The van der Waals surface area contributed by atoms with Gasteiger partial charge in [0.15, 0.2) is 5.60 Å². The molecule has 0 bridgehead atoms. The van der Waals surface area contributed by atoms with Crippen LogP contribution in [-0.2, 0) is 16.0 Å². The van der Waals surface area contributed by atoms with Gasteiger partial charge in [-0.1, -0.05) is 12.1 Å². The van der Waals surface area contributed by atoms with E-state index < -0.39 is 11.6 Å². The van der Waals surface area contributed by atoms with Crippen molar-refractivity contribution in [1.82, 2.24) is 0 Å². The van der Waals surface area contributed by atoms with E-state index in [1.165, 1.54) is 14.0 Å². The molecule has 4 nitrogen and oxygen atoms in total. The van der Waals surface area contributed by atoms with Crippen molar-refractivity contribution in [3.8, 4) is 5.75 Å². The second-order valence-electron chi connectivity index (χ2n) is 3.79. The highest BCUT2D eigenvalue weighted by Crippen LogP contribution is 2.17. The van der Waals surface area contributed by atoms with Crippen LogP contribution in [0.15, 0.2) is 24.3 Å². The third-order valence-corrected chi connectivity index (χ3v) is 2.33. The van der Waals surface area contributed by atoms with Gasteiger partial charge in [-0.05, 0) is 24.6 Å². The Bertz CT molecular complexity index is 354. The van der Waals surface area contributed by atoms with Crippen LogP contribution in [0, 0.1) is 0 Å². The first-order valence-electron chi connectivity index (χ1n) is 4.93. The summed E-state index contributed by atoms with van der Waals surface area (Å²) in [5.74, 6) is 0.102. The number of hydrogen-bond donors (Lipinski definition) is 1. The highest BCUT2D eigenvalue weighted by Gasteiger charge is 2.31. The number of aliphatic hydroxyl groups is 1. The second-order valence-corrected chi connectivity index (χ2v) is 3.79. The molecule has 16 heavy (non-hydrogen) atoms. The minimum Gasteiger partial charge on any atom is -0.497 e. The van der Waals surface area contributed by atoms with Gasteiger partial charge in [0, 0.05) is 6.42 Å². The van der Waals surface area contributed by atoms with E-state index in [0.29, 0.717) is 0 Å². The van der Waals surface area contributed by atoms with Crippen LogP contribution >= 0.6 is 0 Å². The third-order valence-electron chi connectivity index (χ3n) is 2.33. The number of carbonyl (C=O) groups is 1. The zero-order valence-electron chi connectivity index (χ0n) is 9.69. The number of esters is 1. The third kappa shape index (κ3) is 2.97.